The molecule has 1 aromatic heterocycles. The molecule has 164 valence electrons. The minimum Gasteiger partial charge on any atom is -0.477 e. The van der Waals surface area contributed by atoms with Gasteiger partial charge in [-0.1, -0.05) is 11.8 Å². The number of carboxylic acids is 1. The minimum atomic E-state index is -1.30. The Balaban J connectivity index is 1.38. The van der Waals surface area contributed by atoms with Gasteiger partial charge in [-0.15, -0.1) is 0 Å². The van der Waals surface area contributed by atoms with Crippen molar-refractivity contribution in [2.45, 2.75) is 43.3 Å². The van der Waals surface area contributed by atoms with Crippen LogP contribution in [0.3, 0.4) is 0 Å². The minimum absolute atomic E-state index is 0.0211. The van der Waals surface area contributed by atoms with Crippen LogP contribution in [-0.2, 0) is 10.6 Å². The van der Waals surface area contributed by atoms with Crippen LogP contribution in [0, 0.1) is 17.7 Å². The molecule has 3 aliphatic rings. The second kappa shape index (κ2) is 6.62. The summed E-state index contributed by atoms with van der Waals surface area (Å²) >= 11 is 1.30. The Kier molecular flexibility index (Phi) is 4.31. The van der Waals surface area contributed by atoms with Gasteiger partial charge < -0.3 is 24.6 Å². The summed E-state index contributed by atoms with van der Waals surface area (Å²) in [5, 5.41) is 12.8. The number of hydrogen-bond donors (Lipinski definition) is 2. The Morgan fingerprint density at radius 2 is 1.94 bits per heavy atom. The maximum Gasteiger partial charge on any atom is 0.407 e. The van der Waals surface area contributed by atoms with Crippen molar-refractivity contribution in [2.75, 3.05) is 18.0 Å². The molecule has 2 aromatic rings. The van der Waals surface area contributed by atoms with Gasteiger partial charge in [0.1, 0.15) is 17.0 Å². The van der Waals surface area contributed by atoms with Gasteiger partial charge in [0.25, 0.3) is 0 Å². The molecule has 5 rings (SSSR count). The Labute approximate surface area is 181 Å². The van der Waals surface area contributed by atoms with Crippen LogP contribution >= 0.6 is 11.8 Å². The molecule has 0 spiro atoms. The summed E-state index contributed by atoms with van der Waals surface area (Å²) < 4.78 is 22.0. The average Bonchev–Trinajstić information content (AvgIpc) is 3.06. The first-order valence-corrected chi connectivity index (χ1v) is 11.0. The van der Waals surface area contributed by atoms with Crippen molar-refractivity contribution in [1.82, 2.24) is 9.88 Å². The Morgan fingerprint density at radius 3 is 2.48 bits per heavy atom. The van der Waals surface area contributed by atoms with E-state index in [1.54, 1.807) is 10.6 Å². The molecular formula is C21H22FN3O5S. The van der Waals surface area contributed by atoms with E-state index in [4.69, 9.17) is 4.74 Å². The smallest absolute Gasteiger partial charge is 0.407 e. The molecule has 1 aromatic carbocycles. The van der Waals surface area contributed by atoms with E-state index >= 15 is 0 Å². The summed E-state index contributed by atoms with van der Waals surface area (Å²) in [6, 6.07) is 2.81. The number of aromatic carboxylic acids is 1. The van der Waals surface area contributed by atoms with Crippen LogP contribution in [0.5, 0.6) is 0 Å². The van der Waals surface area contributed by atoms with Gasteiger partial charge in [-0.05, 0) is 32.9 Å². The summed E-state index contributed by atoms with van der Waals surface area (Å²) in [6.07, 6.45) is -0.444. The summed E-state index contributed by atoms with van der Waals surface area (Å²) in [5.74, 6) is -0.886. The largest absolute Gasteiger partial charge is 0.477 e. The number of nitrogens with one attached hydrogen (secondary N) is 1. The highest BCUT2D eigenvalue weighted by molar-refractivity contribution is 7.99. The van der Waals surface area contributed by atoms with Gasteiger partial charge in [-0.2, -0.15) is 0 Å². The zero-order chi connectivity index (χ0) is 22.2. The molecule has 0 bridgehead atoms. The molecule has 0 radical (unpaired) electrons. The van der Waals surface area contributed by atoms with E-state index < -0.39 is 28.9 Å². The van der Waals surface area contributed by atoms with Crippen molar-refractivity contribution < 1.29 is 23.8 Å². The molecular weight excluding hydrogens is 425 g/mol. The number of carboxylic acid groups (broad SMARTS) is 1. The van der Waals surface area contributed by atoms with Gasteiger partial charge >= 0.3 is 12.1 Å². The lowest BCUT2D eigenvalue weighted by atomic mass is 10.1. The number of anilines is 1. The molecule has 31 heavy (non-hydrogen) atoms. The monoisotopic (exact) mass is 447 g/mol. The predicted molar refractivity (Wildman–Crippen MR) is 113 cm³/mol. The van der Waals surface area contributed by atoms with Gasteiger partial charge in [0, 0.05) is 36.4 Å². The summed E-state index contributed by atoms with van der Waals surface area (Å²) in [7, 11) is 0. The first-order chi connectivity index (χ1) is 14.5. The van der Waals surface area contributed by atoms with Crippen LogP contribution in [-0.4, -0.2) is 46.5 Å². The number of carbonyl (C=O) groups excluding carboxylic acids is 1. The summed E-state index contributed by atoms with van der Waals surface area (Å²) in [6.45, 7) is 6.60. The van der Waals surface area contributed by atoms with Gasteiger partial charge in [0.05, 0.1) is 22.1 Å². The molecule has 2 aliphatic heterocycles. The number of thioether (sulfide) groups is 1. The van der Waals surface area contributed by atoms with Gasteiger partial charge in [-0.25, -0.2) is 14.0 Å². The van der Waals surface area contributed by atoms with E-state index in [9.17, 15) is 23.9 Å². The number of halogens is 1. The SMILES string of the molecule is CC(C)(C)OC(=O)NC1C2CN(c3cc4c(cc3F)c(=O)c(C(=O)O)c3n4CS3)CC21. The zero-order valence-electron chi connectivity index (χ0n) is 17.3. The van der Waals surface area contributed by atoms with E-state index in [1.807, 2.05) is 25.7 Å². The number of nitrogens with zero attached hydrogens (tertiary/aromatic N) is 2. The molecule has 3 heterocycles. The molecule has 2 N–H and O–H groups in total. The van der Waals surface area contributed by atoms with E-state index in [0.717, 1.165) is 6.07 Å². The third-order valence-corrected chi connectivity index (χ3v) is 7.13. The first-order valence-electron chi connectivity index (χ1n) is 10.1. The number of rotatable bonds is 3. The lowest BCUT2D eigenvalue weighted by molar-refractivity contribution is 0.0517. The number of fused-ring (bicyclic) bond motifs is 4. The molecule has 1 amide bonds. The number of carbonyl (C=O) groups is 2. The quantitative estimate of drug-likeness (QED) is 0.746. The highest BCUT2D eigenvalue weighted by Gasteiger charge is 2.57. The predicted octanol–water partition coefficient (Wildman–Crippen LogP) is 2.86. The molecule has 8 nitrogen and oxygen atoms in total. The zero-order valence-corrected chi connectivity index (χ0v) is 18.1. The van der Waals surface area contributed by atoms with Crippen molar-refractivity contribution >= 4 is 40.4 Å². The van der Waals surface area contributed by atoms with Crippen molar-refractivity contribution in [2.24, 2.45) is 11.8 Å². The number of piperidine rings is 1. The Bertz CT molecular complexity index is 1190. The van der Waals surface area contributed by atoms with Gasteiger partial charge in [-0.3, -0.25) is 4.79 Å². The number of pyridine rings is 1. The standard InChI is InChI=1S/C21H22FN3O5S/c1-21(2,3)30-20(29)23-16-10-6-24(7-11(10)16)14-5-13-9(4-12(14)22)17(26)15(19(27)28)18-25(13)8-31-18/h4-5,10-11,16H,6-8H2,1-3H3,(H,23,29)(H,27,28). The maximum atomic E-state index is 14.9. The Morgan fingerprint density at radius 1 is 1.26 bits per heavy atom. The molecule has 10 heteroatoms. The summed E-state index contributed by atoms with van der Waals surface area (Å²) in [4.78, 5) is 38.0. The van der Waals surface area contributed by atoms with Crippen molar-refractivity contribution in [3.8, 4) is 0 Å². The van der Waals surface area contributed by atoms with E-state index in [1.165, 1.54) is 11.8 Å². The van der Waals surface area contributed by atoms with Crippen LogP contribution in [0.4, 0.5) is 14.9 Å². The lowest BCUT2D eigenvalue weighted by Crippen LogP contribution is -2.38. The van der Waals surface area contributed by atoms with Crippen LogP contribution < -0.4 is 15.6 Å². The molecule has 1 saturated heterocycles. The Hall–Kier alpha value is -2.75. The van der Waals surface area contributed by atoms with Gasteiger partial charge in [0.15, 0.2) is 0 Å². The molecule has 2 fully saturated rings. The fourth-order valence-corrected chi connectivity index (χ4v) is 5.53. The van der Waals surface area contributed by atoms with E-state index in [0.29, 0.717) is 35.2 Å². The number of alkyl carbamates (subject to hydrolysis) is 1. The van der Waals surface area contributed by atoms with Crippen LogP contribution in [0.1, 0.15) is 31.1 Å². The van der Waals surface area contributed by atoms with Crippen molar-refractivity contribution in [3.63, 3.8) is 0 Å². The number of benzene rings is 1. The van der Waals surface area contributed by atoms with Crippen LogP contribution in [0.15, 0.2) is 22.0 Å². The lowest BCUT2D eigenvalue weighted by Gasteiger charge is -2.28. The van der Waals surface area contributed by atoms with Crippen LogP contribution in [0.25, 0.3) is 10.9 Å². The maximum absolute atomic E-state index is 14.9. The number of aromatic nitrogens is 1. The van der Waals surface area contributed by atoms with E-state index in [2.05, 4.69) is 5.32 Å². The fourth-order valence-electron chi connectivity index (χ4n) is 4.58. The number of hydrogen-bond acceptors (Lipinski definition) is 6. The second-order valence-electron chi connectivity index (χ2n) is 9.24. The van der Waals surface area contributed by atoms with Gasteiger partial charge in [0.2, 0.25) is 5.43 Å². The molecule has 2 atom stereocenters. The third kappa shape index (κ3) is 3.24. The van der Waals surface area contributed by atoms with Crippen LogP contribution in [0.2, 0.25) is 0 Å². The first kappa shape index (κ1) is 20.2. The average molecular weight is 447 g/mol. The highest BCUT2D eigenvalue weighted by atomic mass is 32.2. The molecule has 1 aliphatic carbocycles. The number of ether oxygens (including phenoxy) is 1. The fraction of sp³-hybridized carbons (Fsp3) is 0.476. The summed E-state index contributed by atoms with van der Waals surface area (Å²) in [5.41, 5.74) is -0.576. The topological polar surface area (TPSA) is 101 Å². The normalized spacial score (nSPS) is 23.7. The molecule has 2 unspecified atom stereocenters. The molecule has 1 saturated carbocycles. The highest BCUT2D eigenvalue weighted by Crippen LogP contribution is 2.48. The number of amides is 1. The van der Waals surface area contributed by atoms with Crippen molar-refractivity contribution in [1.29, 1.82) is 0 Å². The van der Waals surface area contributed by atoms with E-state index in [-0.39, 0.29) is 28.8 Å². The third-order valence-electron chi connectivity index (χ3n) is 6.05. The van der Waals surface area contributed by atoms with Crippen molar-refractivity contribution in [3.05, 3.63) is 33.7 Å². The second-order valence-corrected chi connectivity index (χ2v) is 10.2.